The van der Waals surface area contributed by atoms with Crippen molar-refractivity contribution < 1.29 is 14.7 Å². The molecule has 0 saturated carbocycles. The van der Waals surface area contributed by atoms with Gasteiger partial charge < -0.3 is 15.7 Å². The van der Waals surface area contributed by atoms with Gasteiger partial charge in [0.15, 0.2) is 0 Å². The smallest absolute Gasteiger partial charge is 0.267 e. The van der Waals surface area contributed by atoms with Crippen molar-refractivity contribution >= 4 is 11.8 Å². The lowest BCUT2D eigenvalue weighted by molar-refractivity contribution is -0.133. The number of rotatable bonds is 2. The van der Waals surface area contributed by atoms with Crippen molar-refractivity contribution in [3.05, 3.63) is 53.2 Å². The molecule has 2 aromatic rings. The summed E-state index contributed by atoms with van der Waals surface area (Å²) in [5.41, 5.74) is 8.78. The number of aryl methyl sites for hydroxylation is 1. The zero-order valence-electron chi connectivity index (χ0n) is 14.8. The summed E-state index contributed by atoms with van der Waals surface area (Å²) in [6, 6.07) is 11.0. The van der Waals surface area contributed by atoms with Gasteiger partial charge in [0.05, 0.1) is 5.69 Å². The van der Waals surface area contributed by atoms with E-state index in [1.165, 1.54) is 4.90 Å². The van der Waals surface area contributed by atoms with Gasteiger partial charge in [-0.25, -0.2) is 4.98 Å². The number of likely N-dealkylation sites (tertiary alicyclic amines) is 1. The Kier molecular flexibility index (Phi) is 6.10. The number of benzene rings is 1. The van der Waals surface area contributed by atoms with Crippen LogP contribution in [0, 0.1) is 19.3 Å². The van der Waals surface area contributed by atoms with Gasteiger partial charge in [-0.3, -0.25) is 9.59 Å². The van der Waals surface area contributed by atoms with Gasteiger partial charge in [0.2, 0.25) is 0 Å². The Morgan fingerprint density at radius 3 is 2.62 bits per heavy atom. The standard InChI is InChI=1S/C15H12N2O.C5H9NO2/c1-3-11-5-4-6-12(9-11)13-7-10(2)8-14(17-13)15(16)18;1-6-3-2-4(7)5(6)8/h1,4-9H,2H3,(H2,16,18);4,7H,2-3H2,1H3/t;4-/m.0/s1. The maximum Gasteiger partial charge on any atom is 0.267 e. The van der Waals surface area contributed by atoms with Gasteiger partial charge in [-0.1, -0.05) is 18.1 Å². The van der Waals surface area contributed by atoms with Gasteiger partial charge >= 0.3 is 0 Å². The monoisotopic (exact) mass is 351 g/mol. The number of hydrogen-bond donors (Lipinski definition) is 2. The van der Waals surface area contributed by atoms with Crippen molar-refractivity contribution in [2.45, 2.75) is 19.4 Å². The third kappa shape index (κ3) is 4.68. The number of carbonyl (C=O) groups excluding carboxylic acids is 2. The van der Waals surface area contributed by atoms with Crippen LogP contribution in [0.2, 0.25) is 0 Å². The fourth-order valence-corrected chi connectivity index (χ4v) is 2.51. The predicted octanol–water partition coefficient (Wildman–Crippen LogP) is 1.35. The highest BCUT2D eigenvalue weighted by Crippen LogP contribution is 2.20. The van der Waals surface area contributed by atoms with E-state index in [0.29, 0.717) is 18.7 Å². The molecule has 3 rings (SSSR count). The van der Waals surface area contributed by atoms with Crippen LogP contribution in [0.1, 0.15) is 28.0 Å². The van der Waals surface area contributed by atoms with E-state index in [1.54, 1.807) is 13.1 Å². The summed E-state index contributed by atoms with van der Waals surface area (Å²) in [4.78, 5) is 27.5. The van der Waals surface area contributed by atoms with E-state index in [2.05, 4.69) is 10.9 Å². The van der Waals surface area contributed by atoms with Crippen molar-refractivity contribution in [2.75, 3.05) is 13.6 Å². The third-order valence-electron chi connectivity index (χ3n) is 3.95. The molecule has 0 unspecified atom stereocenters. The van der Waals surface area contributed by atoms with E-state index in [0.717, 1.165) is 16.7 Å². The van der Waals surface area contributed by atoms with Crippen molar-refractivity contribution in [3.63, 3.8) is 0 Å². The SMILES string of the molecule is C#Cc1cccc(-c2cc(C)cc(C(N)=O)n2)c1.CN1CC[C@H](O)C1=O. The molecule has 2 amide bonds. The van der Waals surface area contributed by atoms with Gasteiger partial charge in [-0.15, -0.1) is 6.42 Å². The van der Waals surface area contributed by atoms with E-state index in [1.807, 2.05) is 37.3 Å². The molecule has 0 bridgehead atoms. The Morgan fingerprint density at radius 1 is 1.38 bits per heavy atom. The number of primary amides is 1. The summed E-state index contributed by atoms with van der Waals surface area (Å²) >= 11 is 0. The molecular weight excluding hydrogens is 330 g/mol. The van der Waals surface area contributed by atoms with Crippen LogP contribution in [-0.4, -0.2) is 46.5 Å². The molecule has 1 aromatic carbocycles. The second-order valence-electron chi connectivity index (χ2n) is 6.07. The highest BCUT2D eigenvalue weighted by molar-refractivity contribution is 5.91. The molecule has 1 aliphatic rings. The first-order valence-corrected chi connectivity index (χ1v) is 8.10. The predicted molar refractivity (Wildman–Crippen MR) is 99.1 cm³/mol. The van der Waals surface area contributed by atoms with Crippen LogP contribution in [-0.2, 0) is 4.79 Å². The third-order valence-corrected chi connectivity index (χ3v) is 3.95. The summed E-state index contributed by atoms with van der Waals surface area (Å²) in [6.45, 7) is 2.59. The molecule has 6 heteroatoms. The average molecular weight is 351 g/mol. The molecule has 1 aliphatic heterocycles. The molecule has 134 valence electrons. The second-order valence-corrected chi connectivity index (χ2v) is 6.07. The van der Waals surface area contributed by atoms with Gasteiger partial charge in [-0.2, -0.15) is 0 Å². The number of amides is 2. The Morgan fingerprint density at radius 2 is 2.12 bits per heavy atom. The van der Waals surface area contributed by atoms with Crippen LogP contribution in [0.25, 0.3) is 11.3 Å². The lowest BCUT2D eigenvalue weighted by Gasteiger charge is -2.05. The zero-order chi connectivity index (χ0) is 19.3. The summed E-state index contributed by atoms with van der Waals surface area (Å²) < 4.78 is 0. The van der Waals surface area contributed by atoms with Crippen molar-refractivity contribution in [1.82, 2.24) is 9.88 Å². The first kappa shape index (κ1) is 19.2. The normalized spacial score (nSPS) is 15.8. The molecule has 3 N–H and O–H groups in total. The lowest BCUT2D eigenvalue weighted by Crippen LogP contribution is -2.24. The molecule has 2 heterocycles. The molecule has 0 aliphatic carbocycles. The minimum absolute atomic E-state index is 0.148. The number of aliphatic hydroxyl groups is 1. The Bertz CT molecular complexity index is 859. The topological polar surface area (TPSA) is 96.5 Å². The second kappa shape index (κ2) is 8.28. The largest absolute Gasteiger partial charge is 0.383 e. The molecule has 1 fully saturated rings. The van der Waals surface area contributed by atoms with E-state index >= 15 is 0 Å². The zero-order valence-corrected chi connectivity index (χ0v) is 14.8. The maximum absolute atomic E-state index is 11.2. The summed E-state index contributed by atoms with van der Waals surface area (Å²) in [5.74, 6) is 1.89. The average Bonchev–Trinajstić information content (AvgIpc) is 2.92. The van der Waals surface area contributed by atoms with Gasteiger partial charge in [0.25, 0.3) is 11.8 Å². The molecule has 26 heavy (non-hydrogen) atoms. The number of pyridine rings is 1. The van der Waals surface area contributed by atoms with Gasteiger partial charge in [0, 0.05) is 24.7 Å². The molecule has 0 spiro atoms. The number of hydrogen-bond acceptors (Lipinski definition) is 4. The van der Waals surface area contributed by atoms with E-state index in [-0.39, 0.29) is 11.6 Å². The van der Waals surface area contributed by atoms with Crippen LogP contribution in [0.5, 0.6) is 0 Å². The number of likely N-dealkylation sites (N-methyl/N-ethyl adjacent to an activating group) is 1. The van der Waals surface area contributed by atoms with Crippen LogP contribution < -0.4 is 5.73 Å². The van der Waals surface area contributed by atoms with E-state index in [9.17, 15) is 9.59 Å². The van der Waals surface area contributed by atoms with E-state index < -0.39 is 12.0 Å². The minimum atomic E-state index is -0.722. The Balaban J connectivity index is 0.000000254. The number of nitrogens with zero attached hydrogens (tertiary/aromatic N) is 2. The molecule has 1 saturated heterocycles. The number of nitrogens with two attached hydrogens (primary N) is 1. The van der Waals surface area contributed by atoms with Crippen LogP contribution in [0.3, 0.4) is 0 Å². The van der Waals surface area contributed by atoms with Crippen molar-refractivity contribution in [2.24, 2.45) is 5.73 Å². The fraction of sp³-hybridized carbons (Fsp3) is 0.250. The van der Waals surface area contributed by atoms with Crippen molar-refractivity contribution in [1.29, 1.82) is 0 Å². The number of aromatic nitrogens is 1. The Labute approximate surface area is 152 Å². The Hall–Kier alpha value is -3.17. The van der Waals surface area contributed by atoms with Crippen LogP contribution >= 0.6 is 0 Å². The summed E-state index contributed by atoms with van der Waals surface area (Å²) in [5, 5.41) is 8.78. The van der Waals surface area contributed by atoms with Gasteiger partial charge in [0.1, 0.15) is 11.8 Å². The molecule has 0 radical (unpaired) electrons. The van der Waals surface area contributed by atoms with Crippen LogP contribution in [0.4, 0.5) is 0 Å². The number of terminal acetylenes is 1. The summed E-state index contributed by atoms with van der Waals surface area (Å²) in [6.07, 6.45) is 5.23. The fourth-order valence-electron chi connectivity index (χ4n) is 2.51. The molecular formula is C20H21N3O3. The van der Waals surface area contributed by atoms with Crippen LogP contribution in [0.15, 0.2) is 36.4 Å². The van der Waals surface area contributed by atoms with Crippen molar-refractivity contribution in [3.8, 4) is 23.6 Å². The highest BCUT2D eigenvalue weighted by atomic mass is 16.3. The first-order chi connectivity index (χ1) is 12.3. The minimum Gasteiger partial charge on any atom is -0.383 e. The first-order valence-electron chi connectivity index (χ1n) is 8.10. The summed E-state index contributed by atoms with van der Waals surface area (Å²) in [7, 11) is 1.69. The van der Waals surface area contributed by atoms with E-state index in [4.69, 9.17) is 17.3 Å². The lowest BCUT2D eigenvalue weighted by atomic mass is 10.1. The maximum atomic E-state index is 11.2. The molecule has 1 aromatic heterocycles. The molecule has 1 atom stereocenters. The quantitative estimate of drug-likeness (QED) is 0.798. The number of carbonyl (C=O) groups is 2. The molecule has 6 nitrogen and oxygen atoms in total. The number of aliphatic hydroxyl groups excluding tert-OH is 1. The van der Waals surface area contributed by atoms with Gasteiger partial charge in [-0.05, 0) is 43.2 Å². The highest BCUT2D eigenvalue weighted by Gasteiger charge is 2.25.